The maximum Gasteiger partial charge on any atom is 0.392 e. The van der Waals surface area contributed by atoms with Crippen LogP contribution in [0.2, 0.25) is 0 Å². The molecule has 1 atom stereocenters. The van der Waals surface area contributed by atoms with Crippen molar-refractivity contribution >= 4 is 0 Å². The van der Waals surface area contributed by atoms with Gasteiger partial charge in [-0.3, -0.25) is 0 Å². The third-order valence-corrected chi connectivity index (χ3v) is 1.44. The van der Waals surface area contributed by atoms with Crippen molar-refractivity contribution in [2.45, 2.75) is 26.4 Å². The molecule has 0 rings (SSSR count). The maximum absolute atomic E-state index is 11.8. The molecule has 0 heterocycles. The van der Waals surface area contributed by atoms with E-state index < -0.39 is 12.1 Å². The van der Waals surface area contributed by atoms with Gasteiger partial charge in [-0.1, -0.05) is 13.8 Å². The Bertz CT molecular complexity index is 100. The second-order valence-corrected chi connectivity index (χ2v) is 2.65. The second kappa shape index (κ2) is 4.59. The van der Waals surface area contributed by atoms with E-state index >= 15 is 0 Å². The van der Waals surface area contributed by atoms with Gasteiger partial charge in [-0.2, -0.15) is 13.2 Å². The van der Waals surface area contributed by atoms with Crippen LogP contribution in [0.15, 0.2) is 0 Å². The van der Waals surface area contributed by atoms with Gasteiger partial charge in [0, 0.05) is 6.54 Å². The topological polar surface area (TPSA) is 12.0 Å². The molecule has 11 heavy (non-hydrogen) atoms. The summed E-state index contributed by atoms with van der Waals surface area (Å²) in [5.41, 5.74) is 0. The van der Waals surface area contributed by atoms with Gasteiger partial charge in [-0.15, -0.1) is 0 Å². The highest BCUT2D eigenvalue weighted by atomic mass is 19.4. The molecule has 0 radical (unpaired) electrons. The van der Waals surface area contributed by atoms with Crippen molar-refractivity contribution in [3.05, 3.63) is 0 Å². The van der Waals surface area contributed by atoms with Gasteiger partial charge in [0.2, 0.25) is 0 Å². The number of halogens is 3. The SMILES string of the molecule is CCCNCC(C)C(F)(F)F. The van der Waals surface area contributed by atoms with Gasteiger partial charge >= 0.3 is 6.18 Å². The standard InChI is InChI=1S/C7H14F3N/c1-3-4-11-5-6(2)7(8,9)10/h6,11H,3-5H2,1-2H3. The van der Waals surface area contributed by atoms with Crippen molar-refractivity contribution in [3.63, 3.8) is 0 Å². The number of alkyl halides is 3. The molecule has 1 N–H and O–H groups in total. The Labute approximate surface area is 65.0 Å². The van der Waals surface area contributed by atoms with Crippen LogP contribution in [-0.2, 0) is 0 Å². The lowest BCUT2D eigenvalue weighted by Crippen LogP contribution is -2.31. The molecular weight excluding hydrogens is 155 g/mol. The van der Waals surface area contributed by atoms with Crippen LogP contribution < -0.4 is 5.32 Å². The summed E-state index contributed by atoms with van der Waals surface area (Å²) >= 11 is 0. The lowest BCUT2D eigenvalue weighted by molar-refractivity contribution is -0.168. The lowest BCUT2D eigenvalue weighted by Gasteiger charge is -2.15. The fraction of sp³-hybridized carbons (Fsp3) is 1.00. The van der Waals surface area contributed by atoms with Crippen molar-refractivity contribution in [2.75, 3.05) is 13.1 Å². The first-order valence-corrected chi connectivity index (χ1v) is 3.76. The Morgan fingerprint density at radius 1 is 1.36 bits per heavy atom. The minimum atomic E-state index is -4.05. The molecular formula is C7H14F3N. The molecule has 4 heteroatoms. The first kappa shape index (κ1) is 10.8. The summed E-state index contributed by atoms with van der Waals surface area (Å²) in [6.07, 6.45) is -3.19. The molecule has 0 fully saturated rings. The Morgan fingerprint density at radius 3 is 2.27 bits per heavy atom. The number of hydrogen-bond donors (Lipinski definition) is 1. The van der Waals surface area contributed by atoms with E-state index in [0.29, 0.717) is 6.54 Å². The van der Waals surface area contributed by atoms with Crippen LogP contribution in [0.25, 0.3) is 0 Å². The zero-order valence-electron chi connectivity index (χ0n) is 6.83. The molecule has 0 bridgehead atoms. The van der Waals surface area contributed by atoms with E-state index in [-0.39, 0.29) is 6.54 Å². The molecule has 0 saturated heterocycles. The predicted molar refractivity (Wildman–Crippen MR) is 38.4 cm³/mol. The monoisotopic (exact) mass is 169 g/mol. The normalized spacial score (nSPS) is 15.0. The van der Waals surface area contributed by atoms with Gasteiger partial charge in [0.05, 0.1) is 5.92 Å². The molecule has 0 aliphatic carbocycles. The molecule has 0 aromatic rings. The minimum Gasteiger partial charge on any atom is -0.316 e. The number of rotatable bonds is 4. The van der Waals surface area contributed by atoms with E-state index in [1.165, 1.54) is 6.92 Å². The Hall–Kier alpha value is -0.250. The molecule has 1 nitrogen and oxygen atoms in total. The van der Waals surface area contributed by atoms with Gasteiger partial charge in [0.1, 0.15) is 0 Å². The van der Waals surface area contributed by atoms with Gasteiger partial charge in [0.15, 0.2) is 0 Å². The highest BCUT2D eigenvalue weighted by molar-refractivity contribution is 4.64. The van der Waals surface area contributed by atoms with Crippen LogP contribution >= 0.6 is 0 Å². The molecule has 0 saturated carbocycles. The Kier molecular flexibility index (Phi) is 4.49. The average Bonchev–Trinajstić information content (AvgIpc) is 1.86. The van der Waals surface area contributed by atoms with Gasteiger partial charge < -0.3 is 5.32 Å². The zero-order chi connectivity index (χ0) is 8.91. The van der Waals surface area contributed by atoms with E-state index in [2.05, 4.69) is 5.32 Å². The molecule has 0 amide bonds. The van der Waals surface area contributed by atoms with Crippen LogP contribution in [0.5, 0.6) is 0 Å². The second-order valence-electron chi connectivity index (χ2n) is 2.65. The third-order valence-electron chi connectivity index (χ3n) is 1.44. The first-order valence-electron chi connectivity index (χ1n) is 3.76. The third kappa shape index (κ3) is 5.07. The molecule has 0 aromatic carbocycles. The molecule has 0 aromatic heterocycles. The van der Waals surface area contributed by atoms with Crippen LogP contribution in [0.3, 0.4) is 0 Å². The highest BCUT2D eigenvalue weighted by Crippen LogP contribution is 2.24. The fourth-order valence-electron chi connectivity index (χ4n) is 0.611. The Morgan fingerprint density at radius 2 is 1.91 bits per heavy atom. The van der Waals surface area contributed by atoms with Crippen LogP contribution in [0.4, 0.5) is 13.2 Å². The summed E-state index contributed by atoms with van der Waals surface area (Å²) < 4.78 is 35.5. The predicted octanol–water partition coefficient (Wildman–Crippen LogP) is 2.18. The first-order chi connectivity index (χ1) is 4.98. The van der Waals surface area contributed by atoms with Crippen LogP contribution in [0.1, 0.15) is 20.3 Å². The van der Waals surface area contributed by atoms with Crippen molar-refractivity contribution in [2.24, 2.45) is 5.92 Å². The molecule has 0 spiro atoms. The van der Waals surface area contributed by atoms with E-state index in [4.69, 9.17) is 0 Å². The smallest absolute Gasteiger partial charge is 0.316 e. The molecule has 68 valence electrons. The van der Waals surface area contributed by atoms with Crippen molar-refractivity contribution < 1.29 is 13.2 Å². The molecule has 1 unspecified atom stereocenters. The highest BCUT2D eigenvalue weighted by Gasteiger charge is 2.35. The summed E-state index contributed by atoms with van der Waals surface area (Å²) in [6, 6.07) is 0. The van der Waals surface area contributed by atoms with E-state index in [1.54, 1.807) is 0 Å². The molecule has 0 aliphatic rings. The van der Waals surface area contributed by atoms with Crippen LogP contribution in [-0.4, -0.2) is 19.3 Å². The van der Waals surface area contributed by atoms with E-state index in [9.17, 15) is 13.2 Å². The van der Waals surface area contributed by atoms with Crippen molar-refractivity contribution in [3.8, 4) is 0 Å². The van der Waals surface area contributed by atoms with Gasteiger partial charge in [-0.25, -0.2) is 0 Å². The summed E-state index contributed by atoms with van der Waals surface area (Å²) in [6.45, 7) is 3.78. The number of hydrogen-bond acceptors (Lipinski definition) is 1. The summed E-state index contributed by atoms with van der Waals surface area (Å²) in [5, 5.41) is 2.72. The maximum atomic E-state index is 11.8. The quantitative estimate of drug-likeness (QED) is 0.636. The van der Waals surface area contributed by atoms with Crippen LogP contribution in [0, 0.1) is 5.92 Å². The zero-order valence-corrected chi connectivity index (χ0v) is 6.83. The fourth-order valence-corrected chi connectivity index (χ4v) is 0.611. The van der Waals surface area contributed by atoms with E-state index in [0.717, 1.165) is 6.42 Å². The summed E-state index contributed by atoms with van der Waals surface area (Å²) in [4.78, 5) is 0. The van der Waals surface area contributed by atoms with Crippen molar-refractivity contribution in [1.29, 1.82) is 0 Å². The van der Waals surface area contributed by atoms with Crippen molar-refractivity contribution in [1.82, 2.24) is 5.32 Å². The summed E-state index contributed by atoms with van der Waals surface area (Å²) in [7, 11) is 0. The van der Waals surface area contributed by atoms with Gasteiger partial charge in [-0.05, 0) is 13.0 Å². The van der Waals surface area contributed by atoms with Gasteiger partial charge in [0.25, 0.3) is 0 Å². The average molecular weight is 169 g/mol. The number of nitrogens with one attached hydrogen (secondary N) is 1. The minimum absolute atomic E-state index is 0.0251. The largest absolute Gasteiger partial charge is 0.392 e. The van der Waals surface area contributed by atoms with E-state index in [1.807, 2.05) is 6.92 Å². The Balaban J connectivity index is 3.44. The lowest BCUT2D eigenvalue weighted by atomic mass is 10.2. The molecule has 0 aliphatic heterocycles. The summed E-state index contributed by atoms with van der Waals surface area (Å²) in [5.74, 6) is -1.24.